The van der Waals surface area contributed by atoms with E-state index in [0.29, 0.717) is 18.7 Å². The number of hydrogen-bond acceptors (Lipinski definition) is 5. The van der Waals surface area contributed by atoms with Gasteiger partial charge in [0.2, 0.25) is 5.91 Å². The Labute approximate surface area is 144 Å². The standard InChI is InChI=1S/C17H20N4O2S/c18-13-9-21(8-12(13)17(23)20-5-1-2-6-20)16(22)11-3-4-14-15(7-11)24-10-19-14/h3-4,7,10,12-13H,1-2,5-6,8-9,18H2/t12-,13+/m1/s1. The summed E-state index contributed by atoms with van der Waals surface area (Å²) in [6.07, 6.45) is 2.12. The SMILES string of the molecule is N[C@H]1CN(C(=O)c2ccc3ncsc3c2)C[C@H]1C(=O)N1CCCC1. The highest BCUT2D eigenvalue weighted by atomic mass is 32.1. The van der Waals surface area contributed by atoms with Gasteiger partial charge in [-0.1, -0.05) is 0 Å². The first kappa shape index (κ1) is 15.5. The Morgan fingerprint density at radius 3 is 2.75 bits per heavy atom. The molecule has 2 aliphatic heterocycles. The lowest BCUT2D eigenvalue weighted by molar-refractivity contribution is -0.134. The molecule has 24 heavy (non-hydrogen) atoms. The van der Waals surface area contributed by atoms with Gasteiger partial charge in [0.25, 0.3) is 5.91 Å². The maximum absolute atomic E-state index is 12.8. The summed E-state index contributed by atoms with van der Waals surface area (Å²) in [5.74, 6) is -0.232. The number of benzene rings is 1. The Balaban J connectivity index is 1.50. The highest BCUT2D eigenvalue weighted by Gasteiger charge is 2.40. The molecule has 1 aromatic heterocycles. The summed E-state index contributed by atoms with van der Waals surface area (Å²) in [5, 5.41) is 0. The molecular formula is C17H20N4O2S. The van der Waals surface area contributed by atoms with Crippen LogP contribution in [0.25, 0.3) is 10.2 Å². The number of likely N-dealkylation sites (tertiary alicyclic amines) is 2. The minimum absolute atomic E-state index is 0.0579. The minimum Gasteiger partial charge on any atom is -0.342 e. The predicted octanol–water partition coefficient (Wildman–Crippen LogP) is 1.32. The smallest absolute Gasteiger partial charge is 0.253 e. The lowest BCUT2D eigenvalue weighted by Gasteiger charge is -2.22. The van der Waals surface area contributed by atoms with E-state index in [4.69, 9.17) is 5.73 Å². The van der Waals surface area contributed by atoms with Crippen molar-refractivity contribution in [2.75, 3.05) is 26.2 Å². The molecule has 3 heterocycles. The van der Waals surface area contributed by atoms with E-state index in [1.54, 1.807) is 16.5 Å². The van der Waals surface area contributed by atoms with E-state index in [2.05, 4.69) is 4.98 Å². The average Bonchev–Trinajstić information content (AvgIpc) is 3.33. The molecule has 2 atom stereocenters. The van der Waals surface area contributed by atoms with E-state index in [0.717, 1.165) is 36.1 Å². The van der Waals surface area contributed by atoms with Crippen LogP contribution in [0.4, 0.5) is 0 Å². The Hall–Kier alpha value is -1.99. The highest BCUT2D eigenvalue weighted by molar-refractivity contribution is 7.16. The fourth-order valence-corrected chi connectivity index (χ4v) is 4.32. The lowest BCUT2D eigenvalue weighted by atomic mass is 10.0. The van der Waals surface area contributed by atoms with Gasteiger partial charge >= 0.3 is 0 Å². The molecule has 0 radical (unpaired) electrons. The maximum Gasteiger partial charge on any atom is 0.253 e. The summed E-state index contributed by atoms with van der Waals surface area (Å²) in [6, 6.07) is 5.25. The van der Waals surface area contributed by atoms with Gasteiger partial charge in [-0.25, -0.2) is 4.98 Å². The number of nitrogens with two attached hydrogens (primary N) is 1. The molecule has 1 aromatic carbocycles. The van der Waals surface area contributed by atoms with Gasteiger partial charge in [0.05, 0.1) is 21.6 Å². The van der Waals surface area contributed by atoms with Crippen molar-refractivity contribution in [2.45, 2.75) is 18.9 Å². The number of carbonyl (C=O) groups is 2. The van der Waals surface area contributed by atoms with Crippen LogP contribution < -0.4 is 5.73 Å². The zero-order valence-corrected chi connectivity index (χ0v) is 14.2. The first-order chi connectivity index (χ1) is 11.6. The first-order valence-corrected chi connectivity index (χ1v) is 9.18. The summed E-state index contributed by atoms with van der Waals surface area (Å²) >= 11 is 1.52. The molecule has 2 N–H and O–H groups in total. The zero-order chi connectivity index (χ0) is 16.7. The molecule has 2 aromatic rings. The minimum atomic E-state index is -0.283. The fourth-order valence-electron chi connectivity index (χ4n) is 3.60. The number of thiazole rings is 1. The van der Waals surface area contributed by atoms with Crippen LogP contribution in [0.2, 0.25) is 0 Å². The Kier molecular flexibility index (Phi) is 3.97. The van der Waals surface area contributed by atoms with Crippen LogP contribution >= 0.6 is 11.3 Å². The lowest BCUT2D eigenvalue weighted by Crippen LogP contribution is -2.42. The van der Waals surface area contributed by atoms with Crippen molar-refractivity contribution in [3.8, 4) is 0 Å². The van der Waals surface area contributed by atoms with Gasteiger partial charge < -0.3 is 15.5 Å². The van der Waals surface area contributed by atoms with Crippen LogP contribution in [0.3, 0.4) is 0 Å². The molecular weight excluding hydrogens is 324 g/mol. The molecule has 2 fully saturated rings. The van der Waals surface area contributed by atoms with E-state index in [1.165, 1.54) is 11.3 Å². The normalized spacial score (nSPS) is 24.0. The largest absolute Gasteiger partial charge is 0.342 e. The number of rotatable bonds is 2. The van der Waals surface area contributed by atoms with E-state index in [-0.39, 0.29) is 23.8 Å². The fraction of sp³-hybridized carbons (Fsp3) is 0.471. The van der Waals surface area contributed by atoms with Crippen molar-refractivity contribution in [2.24, 2.45) is 11.7 Å². The van der Waals surface area contributed by atoms with E-state index in [1.807, 2.05) is 17.0 Å². The van der Waals surface area contributed by atoms with Crippen molar-refractivity contribution in [3.05, 3.63) is 29.3 Å². The molecule has 2 saturated heterocycles. The van der Waals surface area contributed by atoms with Gasteiger partial charge in [0.1, 0.15) is 0 Å². The molecule has 4 rings (SSSR count). The topological polar surface area (TPSA) is 79.5 Å². The summed E-state index contributed by atoms with van der Waals surface area (Å²) in [6.45, 7) is 2.48. The van der Waals surface area contributed by atoms with E-state index >= 15 is 0 Å². The molecule has 2 amide bonds. The summed E-state index contributed by atoms with van der Waals surface area (Å²) in [7, 11) is 0. The third-order valence-corrected chi connectivity index (χ3v) is 5.76. The number of fused-ring (bicyclic) bond motifs is 1. The van der Waals surface area contributed by atoms with Crippen molar-refractivity contribution in [1.29, 1.82) is 0 Å². The van der Waals surface area contributed by atoms with Crippen LogP contribution in [0, 0.1) is 5.92 Å². The second-order valence-electron chi connectivity index (χ2n) is 6.55. The molecule has 6 nitrogen and oxygen atoms in total. The first-order valence-electron chi connectivity index (χ1n) is 8.30. The Morgan fingerprint density at radius 2 is 1.96 bits per heavy atom. The van der Waals surface area contributed by atoms with Crippen LogP contribution in [0.15, 0.2) is 23.7 Å². The van der Waals surface area contributed by atoms with Gasteiger partial charge in [0, 0.05) is 37.8 Å². The van der Waals surface area contributed by atoms with Crippen molar-refractivity contribution in [3.63, 3.8) is 0 Å². The molecule has 0 saturated carbocycles. The quantitative estimate of drug-likeness (QED) is 0.891. The van der Waals surface area contributed by atoms with E-state index in [9.17, 15) is 9.59 Å². The maximum atomic E-state index is 12.8. The van der Waals surface area contributed by atoms with Gasteiger partial charge in [-0.2, -0.15) is 0 Å². The molecule has 2 aliphatic rings. The molecule has 0 unspecified atom stereocenters. The summed E-state index contributed by atoms with van der Waals surface area (Å²) in [4.78, 5) is 33.2. The molecule has 0 aliphatic carbocycles. The van der Waals surface area contributed by atoms with Gasteiger partial charge in [-0.3, -0.25) is 9.59 Å². The number of aromatic nitrogens is 1. The molecule has 0 spiro atoms. The number of hydrogen-bond donors (Lipinski definition) is 1. The molecule has 126 valence electrons. The summed E-state index contributed by atoms with van der Waals surface area (Å²) < 4.78 is 0.994. The third-order valence-electron chi connectivity index (χ3n) is 4.97. The number of carbonyl (C=O) groups excluding carboxylic acids is 2. The van der Waals surface area contributed by atoms with Crippen molar-refractivity contribution in [1.82, 2.24) is 14.8 Å². The van der Waals surface area contributed by atoms with Crippen molar-refractivity contribution < 1.29 is 9.59 Å². The predicted molar refractivity (Wildman–Crippen MR) is 92.8 cm³/mol. The van der Waals surface area contributed by atoms with Gasteiger partial charge in [-0.05, 0) is 31.0 Å². The van der Waals surface area contributed by atoms with E-state index < -0.39 is 0 Å². The monoisotopic (exact) mass is 344 g/mol. The van der Waals surface area contributed by atoms with Crippen LogP contribution in [0.1, 0.15) is 23.2 Å². The zero-order valence-electron chi connectivity index (χ0n) is 13.4. The Morgan fingerprint density at radius 1 is 1.17 bits per heavy atom. The highest BCUT2D eigenvalue weighted by Crippen LogP contribution is 2.24. The van der Waals surface area contributed by atoms with Crippen LogP contribution in [-0.4, -0.2) is 58.8 Å². The third kappa shape index (κ3) is 2.67. The number of nitrogens with zero attached hydrogens (tertiary/aromatic N) is 3. The van der Waals surface area contributed by atoms with Crippen molar-refractivity contribution >= 4 is 33.4 Å². The Bertz CT molecular complexity index is 784. The summed E-state index contributed by atoms with van der Waals surface area (Å²) in [5.41, 5.74) is 9.48. The van der Waals surface area contributed by atoms with Gasteiger partial charge in [0.15, 0.2) is 0 Å². The average molecular weight is 344 g/mol. The van der Waals surface area contributed by atoms with Gasteiger partial charge in [-0.15, -0.1) is 11.3 Å². The second-order valence-corrected chi connectivity index (χ2v) is 7.43. The molecule has 0 bridgehead atoms. The number of amides is 2. The van der Waals surface area contributed by atoms with Crippen LogP contribution in [-0.2, 0) is 4.79 Å². The second kappa shape index (κ2) is 6.14. The molecule has 7 heteroatoms. The van der Waals surface area contributed by atoms with Crippen LogP contribution in [0.5, 0.6) is 0 Å².